The first-order valence-electron chi connectivity index (χ1n) is 9.76. The van der Waals surface area contributed by atoms with Crippen molar-refractivity contribution in [3.05, 3.63) is 101 Å². The molecule has 0 aliphatic heterocycles. The monoisotopic (exact) mass is 423 g/mol. The van der Waals surface area contributed by atoms with Gasteiger partial charge >= 0.3 is 6.18 Å². The molecule has 0 fully saturated rings. The van der Waals surface area contributed by atoms with Crippen molar-refractivity contribution in [1.29, 1.82) is 0 Å². The molecule has 1 aliphatic carbocycles. The Morgan fingerprint density at radius 2 is 2.00 bits per heavy atom. The number of aryl methyl sites for hydroxylation is 1. The minimum absolute atomic E-state index is 0.000478. The van der Waals surface area contributed by atoms with Gasteiger partial charge in [-0.15, -0.1) is 0 Å². The zero-order valence-corrected chi connectivity index (χ0v) is 16.7. The van der Waals surface area contributed by atoms with E-state index in [4.69, 9.17) is 4.42 Å². The molecule has 0 saturated heterocycles. The quantitative estimate of drug-likeness (QED) is 0.502. The Kier molecular flexibility index (Phi) is 5.75. The van der Waals surface area contributed by atoms with E-state index < -0.39 is 11.7 Å². The van der Waals surface area contributed by atoms with E-state index in [1.165, 1.54) is 6.07 Å². The van der Waals surface area contributed by atoms with Crippen molar-refractivity contribution >= 4 is 18.0 Å². The maximum absolute atomic E-state index is 12.9. The Morgan fingerprint density at radius 3 is 2.81 bits per heavy atom. The molecule has 0 bridgehead atoms. The molecule has 0 radical (unpaired) electrons. The molecule has 1 unspecified atom stereocenters. The molecule has 0 spiro atoms. The number of nitrogens with one attached hydrogen (secondary N) is 1. The topological polar surface area (TPSA) is 51.0 Å². The van der Waals surface area contributed by atoms with E-state index in [2.05, 4.69) is 15.3 Å². The lowest BCUT2D eigenvalue weighted by atomic mass is 9.97. The highest BCUT2D eigenvalue weighted by Crippen LogP contribution is 2.31. The normalized spacial score (nSPS) is 16.5. The summed E-state index contributed by atoms with van der Waals surface area (Å²) in [6, 6.07) is 9.00. The van der Waals surface area contributed by atoms with Crippen LogP contribution in [0.3, 0.4) is 0 Å². The molecule has 2 heterocycles. The number of alkyl halides is 3. The van der Waals surface area contributed by atoms with E-state index in [1.54, 1.807) is 30.6 Å². The number of allylic oxidation sites excluding steroid dienone is 3. The van der Waals surface area contributed by atoms with Gasteiger partial charge in [0, 0.05) is 23.9 Å². The average Bonchev–Trinajstić information content (AvgIpc) is 3.21. The largest absolute Gasteiger partial charge is 0.441 e. The molecule has 4 nitrogen and oxygen atoms in total. The zero-order valence-electron chi connectivity index (χ0n) is 16.7. The molecule has 3 aromatic rings. The number of pyridine rings is 1. The Balaban J connectivity index is 1.46. The summed E-state index contributed by atoms with van der Waals surface area (Å²) in [5.41, 5.74) is 1.76. The third-order valence-corrected chi connectivity index (χ3v) is 4.80. The van der Waals surface area contributed by atoms with Gasteiger partial charge in [0.05, 0.1) is 11.8 Å². The molecule has 31 heavy (non-hydrogen) atoms. The lowest BCUT2D eigenvalue weighted by Gasteiger charge is -2.15. The predicted octanol–water partition coefficient (Wildman–Crippen LogP) is 6.61. The summed E-state index contributed by atoms with van der Waals surface area (Å²) in [5, 5.41) is 3.29. The number of oxazole rings is 1. The van der Waals surface area contributed by atoms with E-state index in [0.29, 0.717) is 17.2 Å². The predicted molar refractivity (Wildman–Crippen MR) is 114 cm³/mol. The maximum Gasteiger partial charge on any atom is 0.416 e. The highest BCUT2D eigenvalue weighted by molar-refractivity contribution is 5.66. The van der Waals surface area contributed by atoms with Gasteiger partial charge in [-0.2, -0.15) is 13.2 Å². The molecule has 2 aromatic heterocycles. The zero-order chi connectivity index (χ0) is 21.8. The van der Waals surface area contributed by atoms with Gasteiger partial charge in [-0.1, -0.05) is 18.2 Å². The Bertz CT molecular complexity index is 1160. The van der Waals surface area contributed by atoms with Crippen LogP contribution in [0.15, 0.2) is 77.1 Å². The molecule has 1 aromatic carbocycles. The van der Waals surface area contributed by atoms with Crippen LogP contribution in [0.5, 0.6) is 0 Å². The molecule has 1 N–H and O–H groups in total. The number of halogens is 3. The summed E-state index contributed by atoms with van der Waals surface area (Å²) < 4.78 is 44.4. The van der Waals surface area contributed by atoms with E-state index >= 15 is 0 Å². The Labute approximate surface area is 177 Å². The van der Waals surface area contributed by atoms with Crippen LogP contribution >= 0.6 is 0 Å². The lowest BCUT2D eigenvalue weighted by molar-refractivity contribution is -0.137. The van der Waals surface area contributed by atoms with Gasteiger partial charge < -0.3 is 9.73 Å². The number of hydrogen-bond donors (Lipinski definition) is 1. The van der Waals surface area contributed by atoms with E-state index in [-0.39, 0.29) is 5.92 Å². The third-order valence-electron chi connectivity index (χ3n) is 4.80. The number of anilines is 1. The summed E-state index contributed by atoms with van der Waals surface area (Å²) >= 11 is 0. The van der Waals surface area contributed by atoms with Crippen LogP contribution in [0.4, 0.5) is 19.0 Å². The van der Waals surface area contributed by atoms with E-state index in [1.807, 2.05) is 37.3 Å². The number of hydrogen-bond acceptors (Lipinski definition) is 4. The second-order valence-electron chi connectivity index (χ2n) is 7.27. The third kappa shape index (κ3) is 5.31. The maximum atomic E-state index is 12.9. The summed E-state index contributed by atoms with van der Waals surface area (Å²) in [7, 11) is 0. The van der Waals surface area contributed by atoms with Gasteiger partial charge in [-0.3, -0.25) is 0 Å². The van der Waals surface area contributed by atoms with Crippen molar-refractivity contribution in [2.75, 3.05) is 5.32 Å². The Hall–Kier alpha value is -3.61. The number of nitrogens with zero attached hydrogens (tertiary/aromatic N) is 2. The van der Waals surface area contributed by atoms with Crippen molar-refractivity contribution < 1.29 is 17.6 Å². The van der Waals surface area contributed by atoms with Crippen molar-refractivity contribution in [3.8, 4) is 0 Å². The van der Waals surface area contributed by atoms with Crippen molar-refractivity contribution in [2.24, 2.45) is 0 Å². The minimum atomic E-state index is -4.37. The minimum Gasteiger partial charge on any atom is -0.441 e. The molecule has 1 atom stereocenters. The average molecular weight is 423 g/mol. The first-order chi connectivity index (χ1) is 14.9. The lowest BCUT2D eigenvalue weighted by Crippen LogP contribution is -2.05. The molecule has 0 saturated carbocycles. The van der Waals surface area contributed by atoms with Crippen molar-refractivity contribution in [1.82, 2.24) is 9.97 Å². The van der Waals surface area contributed by atoms with Crippen molar-refractivity contribution in [2.45, 2.75) is 25.4 Å². The molecular formula is C24H20F3N3O. The number of rotatable bonds is 5. The molecular weight excluding hydrogens is 403 g/mol. The van der Waals surface area contributed by atoms with Crippen LogP contribution in [0.25, 0.3) is 12.2 Å². The van der Waals surface area contributed by atoms with Gasteiger partial charge in [-0.25, -0.2) is 9.97 Å². The fraction of sp³-hybridized carbons (Fsp3) is 0.167. The fourth-order valence-corrected chi connectivity index (χ4v) is 3.25. The molecule has 7 heteroatoms. The SMILES string of the molecule is Cc1ccnc(NC2=CC(c3cnc(/C=C/c4cccc(C(F)(F)F)c4)o3)CC=C2)c1. The summed E-state index contributed by atoms with van der Waals surface area (Å²) in [4.78, 5) is 8.55. The molecule has 158 valence electrons. The summed E-state index contributed by atoms with van der Waals surface area (Å²) in [6.07, 6.45) is 8.99. The van der Waals surface area contributed by atoms with E-state index in [0.717, 1.165) is 35.6 Å². The van der Waals surface area contributed by atoms with Gasteiger partial charge in [0.2, 0.25) is 5.89 Å². The van der Waals surface area contributed by atoms with Crippen molar-refractivity contribution in [3.63, 3.8) is 0 Å². The second-order valence-corrected chi connectivity index (χ2v) is 7.27. The van der Waals surface area contributed by atoms with Gasteiger partial charge in [0.15, 0.2) is 0 Å². The van der Waals surface area contributed by atoms with Crippen LogP contribution in [0, 0.1) is 6.92 Å². The van der Waals surface area contributed by atoms with Crippen LogP contribution in [0.2, 0.25) is 0 Å². The Morgan fingerprint density at radius 1 is 1.13 bits per heavy atom. The van der Waals surface area contributed by atoms with Crippen LogP contribution in [-0.2, 0) is 6.18 Å². The highest BCUT2D eigenvalue weighted by Gasteiger charge is 2.30. The van der Waals surface area contributed by atoms with Gasteiger partial charge in [0.25, 0.3) is 0 Å². The van der Waals surface area contributed by atoms with Gasteiger partial charge in [-0.05, 0) is 67.0 Å². The number of benzene rings is 1. The van der Waals surface area contributed by atoms with E-state index in [9.17, 15) is 13.2 Å². The smallest absolute Gasteiger partial charge is 0.416 e. The molecule has 0 amide bonds. The first kappa shape index (κ1) is 20.7. The summed E-state index contributed by atoms with van der Waals surface area (Å²) in [6.45, 7) is 2.00. The first-order valence-corrected chi connectivity index (χ1v) is 9.76. The molecule has 1 aliphatic rings. The van der Waals surface area contributed by atoms with Crippen LogP contribution < -0.4 is 5.32 Å². The molecule has 4 rings (SSSR count). The number of aromatic nitrogens is 2. The summed E-state index contributed by atoms with van der Waals surface area (Å²) in [5.74, 6) is 1.79. The standard InChI is InChI=1S/C24H20F3N3O/c1-16-10-11-28-22(12-16)30-20-7-3-5-18(14-20)21-15-29-23(31-21)9-8-17-4-2-6-19(13-17)24(25,26)27/h2-4,6-15,18H,5H2,1H3,(H,28,30)/b9-8+. The van der Waals surface area contributed by atoms with Gasteiger partial charge in [0.1, 0.15) is 11.6 Å². The fourth-order valence-electron chi connectivity index (χ4n) is 3.25. The van der Waals surface area contributed by atoms with Crippen LogP contribution in [-0.4, -0.2) is 9.97 Å². The second kappa shape index (κ2) is 8.63. The highest BCUT2D eigenvalue weighted by atomic mass is 19.4. The van der Waals surface area contributed by atoms with Crippen LogP contribution in [0.1, 0.15) is 40.7 Å².